The number of nitrogens with zero attached hydrogens (tertiary/aromatic N) is 1. The average molecular weight is 394 g/mol. The Morgan fingerprint density at radius 2 is 1.77 bits per heavy atom. The summed E-state index contributed by atoms with van der Waals surface area (Å²) >= 11 is 0. The lowest BCUT2D eigenvalue weighted by Crippen LogP contribution is -2.37. The third kappa shape index (κ3) is 4.14. The predicted octanol–water partition coefficient (Wildman–Crippen LogP) is 4.16. The lowest BCUT2D eigenvalue weighted by molar-refractivity contribution is -0.120. The van der Waals surface area contributed by atoms with Crippen LogP contribution in [0.5, 0.6) is 0 Å². The van der Waals surface area contributed by atoms with Crippen molar-refractivity contribution < 1.29 is 4.79 Å². The first-order chi connectivity index (χ1) is 11.8. The minimum atomic E-state index is 0. The van der Waals surface area contributed by atoms with E-state index in [-0.39, 0.29) is 36.6 Å². The minimum Gasteiger partial charge on any atom is -0.339 e. The van der Waals surface area contributed by atoms with Gasteiger partial charge >= 0.3 is 0 Å². The molecule has 1 fully saturated rings. The normalized spacial score (nSPS) is 18.3. The zero-order valence-corrected chi connectivity index (χ0v) is 16.2. The van der Waals surface area contributed by atoms with Gasteiger partial charge in [-0.3, -0.25) is 4.79 Å². The molecule has 6 heteroatoms. The molecule has 2 aliphatic rings. The summed E-state index contributed by atoms with van der Waals surface area (Å²) in [5, 5.41) is 6.48. The SMILES string of the molecule is Cl.Cl.O=C(Nc1ccccc1N1CCc2ccccc21)C1CCCNC1. The molecule has 2 aliphatic heterocycles. The van der Waals surface area contributed by atoms with Crippen LogP contribution in [0.4, 0.5) is 17.1 Å². The Labute approximate surface area is 167 Å². The fraction of sp³-hybridized carbons (Fsp3) is 0.350. The number of hydrogen-bond donors (Lipinski definition) is 2. The van der Waals surface area contributed by atoms with E-state index >= 15 is 0 Å². The van der Waals surface area contributed by atoms with Gasteiger partial charge in [-0.1, -0.05) is 30.3 Å². The molecule has 0 aliphatic carbocycles. The Kier molecular flexibility index (Phi) is 7.33. The first kappa shape index (κ1) is 20.6. The summed E-state index contributed by atoms with van der Waals surface area (Å²) < 4.78 is 0. The van der Waals surface area contributed by atoms with Crippen LogP contribution in [0, 0.1) is 5.92 Å². The van der Waals surface area contributed by atoms with E-state index < -0.39 is 0 Å². The number of hydrogen-bond acceptors (Lipinski definition) is 3. The second-order valence-corrected chi connectivity index (χ2v) is 6.58. The van der Waals surface area contributed by atoms with Crippen molar-refractivity contribution in [3.8, 4) is 0 Å². The fourth-order valence-corrected chi connectivity index (χ4v) is 3.71. The van der Waals surface area contributed by atoms with Crippen molar-refractivity contribution in [1.29, 1.82) is 0 Å². The van der Waals surface area contributed by atoms with E-state index in [0.29, 0.717) is 0 Å². The number of carbonyl (C=O) groups excluding carboxylic acids is 1. The Morgan fingerprint density at radius 1 is 1.04 bits per heavy atom. The van der Waals surface area contributed by atoms with Crippen molar-refractivity contribution in [3.05, 3.63) is 54.1 Å². The van der Waals surface area contributed by atoms with Crippen molar-refractivity contribution in [2.45, 2.75) is 19.3 Å². The summed E-state index contributed by atoms with van der Waals surface area (Å²) in [5.74, 6) is 0.194. The lowest BCUT2D eigenvalue weighted by Gasteiger charge is -2.25. The highest BCUT2D eigenvalue weighted by atomic mass is 35.5. The zero-order chi connectivity index (χ0) is 16.4. The molecule has 1 atom stereocenters. The maximum absolute atomic E-state index is 12.6. The number of rotatable bonds is 3. The average Bonchev–Trinajstić information content (AvgIpc) is 3.07. The van der Waals surface area contributed by atoms with Crippen molar-refractivity contribution in [3.63, 3.8) is 0 Å². The Balaban J connectivity index is 0.00000121. The molecular formula is C20H25Cl2N3O. The van der Waals surface area contributed by atoms with Crippen molar-refractivity contribution in [1.82, 2.24) is 5.32 Å². The van der Waals surface area contributed by atoms with Crippen LogP contribution in [0.3, 0.4) is 0 Å². The topological polar surface area (TPSA) is 44.4 Å². The number of piperidine rings is 1. The molecule has 1 saturated heterocycles. The monoisotopic (exact) mass is 393 g/mol. The molecule has 2 N–H and O–H groups in total. The van der Waals surface area contributed by atoms with E-state index in [1.807, 2.05) is 18.2 Å². The standard InChI is InChI=1S/C20H23N3O.2ClH/c24-20(16-7-5-12-21-14-16)22-17-8-2-4-10-19(17)23-13-11-15-6-1-3-9-18(15)23;;/h1-4,6,8-10,16,21H,5,7,11-14H2,(H,22,24);2*1H. The van der Waals surface area contributed by atoms with Gasteiger partial charge in [-0.15, -0.1) is 24.8 Å². The largest absolute Gasteiger partial charge is 0.339 e. The Hall–Kier alpha value is -1.75. The first-order valence-electron chi connectivity index (χ1n) is 8.79. The molecule has 0 bridgehead atoms. The van der Waals surface area contributed by atoms with Crippen molar-refractivity contribution >= 4 is 47.8 Å². The third-order valence-corrected chi connectivity index (χ3v) is 5.01. The van der Waals surface area contributed by atoms with Crippen LogP contribution in [0.25, 0.3) is 0 Å². The Morgan fingerprint density at radius 3 is 2.54 bits per heavy atom. The van der Waals surface area contributed by atoms with Gasteiger partial charge in [-0.05, 0) is 49.6 Å². The van der Waals surface area contributed by atoms with E-state index in [4.69, 9.17) is 0 Å². The van der Waals surface area contributed by atoms with E-state index in [1.165, 1.54) is 11.3 Å². The summed E-state index contributed by atoms with van der Waals surface area (Å²) in [6.07, 6.45) is 3.08. The van der Waals surface area contributed by atoms with Crippen LogP contribution in [0.2, 0.25) is 0 Å². The van der Waals surface area contributed by atoms with Crippen LogP contribution in [0.15, 0.2) is 48.5 Å². The Bertz CT molecular complexity index is 747. The van der Waals surface area contributed by atoms with Gasteiger partial charge in [-0.25, -0.2) is 0 Å². The van der Waals surface area contributed by atoms with Gasteiger partial charge in [-0.2, -0.15) is 0 Å². The highest BCUT2D eigenvalue weighted by Crippen LogP contribution is 2.38. The van der Waals surface area contributed by atoms with Crippen LogP contribution in [0.1, 0.15) is 18.4 Å². The van der Waals surface area contributed by atoms with Crippen LogP contribution in [-0.4, -0.2) is 25.5 Å². The summed E-state index contributed by atoms with van der Waals surface area (Å²) in [6.45, 7) is 2.75. The molecule has 1 unspecified atom stereocenters. The van der Waals surface area contributed by atoms with Gasteiger partial charge < -0.3 is 15.5 Å². The number of fused-ring (bicyclic) bond motifs is 1. The van der Waals surface area contributed by atoms with Crippen LogP contribution < -0.4 is 15.5 Å². The third-order valence-electron chi connectivity index (χ3n) is 5.01. The predicted molar refractivity (Wildman–Crippen MR) is 112 cm³/mol. The highest BCUT2D eigenvalue weighted by molar-refractivity contribution is 5.97. The summed E-state index contributed by atoms with van der Waals surface area (Å²) in [6, 6.07) is 16.6. The summed E-state index contributed by atoms with van der Waals surface area (Å²) in [7, 11) is 0. The minimum absolute atomic E-state index is 0. The van der Waals surface area contributed by atoms with Gasteiger partial charge in [0.1, 0.15) is 0 Å². The number of nitrogens with one attached hydrogen (secondary N) is 2. The maximum Gasteiger partial charge on any atom is 0.228 e. The van der Waals surface area contributed by atoms with E-state index in [9.17, 15) is 4.79 Å². The number of anilines is 3. The molecule has 26 heavy (non-hydrogen) atoms. The van der Waals surface area contributed by atoms with Gasteiger partial charge in [0.15, 0.2) is 0 Å². The molecule has 2 aromatic rings. The number of benzene rings is 2. The van der Waals surface area contributed by atoms with Crippen molar-refractivity contribution in [2.75, 3.05) is 29.9 Å². The van der Waals surface area contributed by atoms with Crippen LogP contribution in [-0.2, 0) is 11.2 Å². The quantitative estimate of drug-likeness (QED) is 0.822. The van der Waals surface area contributed by atoms with E-state index in [0.717, 1.165) is 50.3 Å². The van der Waals surface area contributed by atoms with Gasteiger partial charge in [0.05, 0.1) is 17.3 Å². The van der Waals surface area contributed by atoms with Gasteiger partial charge in [0.2, 0.25) is 5.91 Å². The molecule has 140 valence electrons. The molecule has 1 amide bonds. The zero-order valence-electron chi connectivity index (χ0n) is 14.6. The highest BCUT2D eigenvalue weighted by Gasteiger charge is 2.25. The van der Waals surface area contributed by atoms with Gasteiger partial charge in [0.25, 0.3) is 0 Å². The number of para-hydroxylation sites is 3. The number of amides is 1. The molecule has 0 aromatic heterocycles. The molecule has 0 saturated carbocycles. The lowest BCUT2D eigenvalue weighted by atomic mass is 9.98. The first-order valence-corrected chi connectivity index (χ1v) is 8.79. The smallest absolute Gasteiger partial charge is 0.228 e. The molecule has 2 heterocycles. The number of carbonyl (C=O) groups is 1. The molecule has 2 aromatic carbocycles. The molecule has 0 radical (unpaired) electrons. The van der Waals surface area contributed by atoms with E-state index in [1.54, 1.807) is 0 Å². The van der Waals surface area contributed by atoms with E-state index in [2.05, 4.69) is 45.9 Å². The number of halogens is 2. The van der Waals surface area contributed by atoms with Crippen molar-refractivity contribution in [2.24, 2.45) is 5.92 Å². The van der Waals surface area contributed by atoms with Crippen LogP contribution >= 0.6 is 24.8 Å². The van der Waals surface area contributed by atoms with Gasteiger partial charge in [0, 0.05) is 18.8 Å². The molecule has 4 rings (SSSR count). The maximum atomic E-state index is 12.6. The molecule has 4 nitrogen and oxygen atoms in total. The summed E-state index contributed by atoms with van der Waals surface area (Å²) in [5.41, 5.74) is 4.61. The second kappa shape index (κ2) is 9.26. The second-order valence-electron chi connectivity index (χ2n) is 6.58. The molecular weight excluding hydrogens is 369 g/mol. The fourth-order valence-electron chi connectivity index (χ4n) is 3.71. The molecule has 0 spiro atoms. The summed E-state index contributed by atoms with van der Waals surface area (Å²) in [4.78, 5) is 14.9.